The zero-order chi connectivity index (χ0) is 33.8. The fourth-order valence-corrected chi connectivity index (χ4v) is 18.7. The average molecular weight is 764 g/mol. The topological polar surface area (TPSA) is 0 Å². The Morgan fingerprint density at radius 3 is 1.24 bits per heavy atom. The molecule has 0 saturated carbocycles. The van der Waals surface area contributed by atoms with Crippen LogP contribution in [0, 0.1) is 0 Å². The first-order chi connectivity index (χ1) is 23.0. The molecule has 1 fully saturated rings. The van der Waals surface area contributed by atoms with Gasteiger partial charge in [-0.1, -0.05) is 0 Å². The molecule has 4 aromatic carbocycles. The van der Waals surface area contributed by atoms with Crippen molar-refractivity contribution in [2.24, 2.45) is 0 Å². The molecule has 262 valence electrons. The summed E-state index contributed by atoms with van der Waals surface area (Å²) < 4.78 is 83.5. The minimum absolute atomic E-state index is 0. The minimum atomic E-state index is -4.38. The van der Waals surface area contributed by atoms with Crippen molar-refractivity contribution < 1.29 is 67.7 Å². The van der Waals surface area contributed by atoms with Gasteiger partial charge in [0.2, 0.25) is 0 Å². The maximum atomic E-state index is 13.4. The summed E-state index contributed by atoms with van der Waals surface area (Å²) >= 11 is -2.85. The van der Waals surface area contributed by atoms with Crippen LogP contribution >= 0.6 is 0 Å². The predicted octanol–water partition coefficient (Wildman–Crippen LogP) is 7.64. The molecule has 2 aliphatic carbocycles. The van der Waals surface area contributed by atoms with E-state index in [0.29, 0.717) is 8.45 Å². The van der Waals surface area contributed by atoms with Gasteiger partial charge in [0.1, 0.15) is 0 Å². The van der Waals surface area contributed by atoms with E-state index in [1.165, 1.54) is 62.4 Å². The van der Waals surface area contributed by atoms with Gasteiger partial charge < -0.3 is 24.8 Å². The molecule has 7 rings (SSSR count). The molecule has 0 radical (unpaired) electrons. The molecule has 0 spiro atoms. The van der Waals surface area contributed by atoms with E-state index in [1.54, 1.807) is 24.3 Å². The zero-order valence-corrected chi connectivity index (χ0v) is 30.9. The monoisotopic (exact) mass is 762 g/mol. The average Bonchev–Trinajstić information content (AvgIpc) is 3.59. The van der Waals surface area contributed by atoms with E-state index in [0.717, 1.165) is 59.1 Å². The molecule has 1 aliphatic heterocycles. The summed E-state index contributed by atoms with van der Waals surface area (Å²) in [7, 11) is 0. The van der Waals surface area contributed by atoms with Gasteiger partial charge in [0, 0.05) is 0 Å². The molecule has 50 heavy (non-hydrogen) atoms. The summed E-state index contributed by atoms with van der Waals surface area (Å²) in [4.78, 5) is 0. The van der Waals surface area contributed by atoms with E-state index < -0.39 is 40.1 Å². The van der Waals surface area contributed by atoms with E-state index >= 15 is 0 Å². The molecule has 1 heterocycles. The van der Waals surface area contributed by atoms with Crippen LogP contribution in [0.15, 0.2) is 96.1 Å². The molecular formula is C41H38Cl2F6Ti. The first-order valence-electron chi connectivity index (χ1n) is 17.0. The zero-order valence-electron chi connectivity index (χ0n) is 27.9. The van der Waals surface area contributed by atoms with Crippen molar-refractivity contribution in [2.75, 3.05) is 0 Å². The van der Waals surface area contributed by atoms with Crippen LogP contribution in [0.5, 0.6) is 0 Å². The summed E-state index contributed by atoms with van der Waals surface area (Å²) in [6, 6.07) is 23.8. The normalized spacial score (nSPS) is 18.3. The Bertz CT molecular complexity index is 1770. The van der Waals surface area contributed by atoms with Crippen molar-refractivity contribution >= 4 is 12.2 Å². The number of fused-ring (bicyclic) bond motifs is 2. The van der Waals surface area contributed by atoms with Crippen LogP contribution in [0.4, 0.5) is 26.3 Å². The predicted molar refractivity (Wildman–Crippen MR) is 179 cm³/mol. The Labute approximate surface area is 306 Å². The molecule has 9 heteroatoms. The fraction of sp³-hybridized carbons (Fsp3) is 0.317. The Kier molecular flexibility index (Phi) is 11.3. The van der Waals surface area contributed by atoms with Gasteiger partial charge in [0.05, 0.1) is 0 Å². The summed E-state index contributed by atoms with van der Waals surface area (Å²) in [6.07, 6.45) is 1.16. The van der Waals surface area contributed by atoms with E-state index in [9.17, 15) is 26.3 Å². The number of hydrogen-bond donors (Lipinski definition) is 0. The Hall–Kier alpha value is -2.77. The molecule has 0 aromatic heterocycles. The molecule has 2 atom stereocenters. The van der Waals surface area contributed by atoms with Gasteiger partial charge >= 0.3 is 283 Å². The maximum Gasteiger partial charge on any atom is -1.00 e. The van der Waals surface area contributed by atoms with Gasteiger partial charge in [-0.25, -0.2) is 0 Å². The number of rotatable bonds is 8. The number of benzene rings is 4. The summed E-state index contributed by atoms with van der Waals surface area (Å²) in [6.45, 7) is 4.42. The summed E-state index contributed by atoms with van der Waals surface area (Å²) in [5, 5.41) is 0. The van der Waals surface area contributed by atoms with Gasteiger partial charge in [-0.15, -0.1) is 0 Å². The third-order valence-corrected chi connectivity index (χ3v) is 20.6. The van der Waals surface area contributed by atoms with E-state index in [4.69, 9.17) is 0 Å². The third-order valence-electron chi connectivity index (χ3n) is 10.9. The van der Waals surface area contributed by atoms with Crippen molar-refractivity contribution in [1.82, 2.24) is 0 Å². The standard InChI is InChI=1S/2C19H16F3.C3H6.2ClH.Ti/c2*1-2-4-13-11-15-5-3-6-17(18(15)12-13)14-7-9-16(10-8-14)19(20,21)22;1-3-2;;;/h2*3,5-12H,2,4H2,1H3;1-3H2;2*1H;/q;;;;;+2/p-2. The van der Waals surface area contributed by atoms with Crippen molar-refractivity contribution in [3.63, 3.8) is 0 Å². The quantitative estimate of drug-likeness (QED) is 0.128. The number of alkyl halides is 6. The Balaban J connectivity index is 0.00000243. The largest absolute Gasteiger partial charge is 1.00 e. The van der Waals surface area contributed by atoms with Crippen molar-refractivity contribution in [2.45, 2.75) is 76.2 Å². The smallest absolute Gasteiger partial charge is 1.00 e. The van der Waals surface area contributed by atoms with Gasteiger partial charge in [0.25, 0.3) is 0 Å². The first-order valence-corrected chi connectivity index (χ1v) is 21.0. The van der Waals surface area contributed by atoms with Crippen molar-refractivity contribution in [3.8, 4) is 22.3 Å². The number of halogens is 8. The van der Waals surface area contributed by atoms with Gasteiger partial charge in [-0.3, -0.25) is 0 Å². The second kappa shape index (κ2) is 14.7. The van der Waals surface area contributed by atoms with Crippen LogP contribution < -0.4 is 24.8 Å². The van der Waals surface area contributed by atoms with E-state index in [1.807, 2.05) is 12.1 Å². The Morgan fingerprint density at radius 2 is 0.940 bits per heavy atom. The number of hydrogen-bond acceptors (Lipinski definition) is 0. The molecular weight excluding hydrogens is 725 g/mol. The summed E-state index contributed by atoms with van der Waals surface area (Å²) in [5.41, 5.74) is 10.2. The first kappa shape index (κ1) is 38.5. The van der Waals surface area contributed by atoms with E-state index in [2.05, 4.69) is 50.3 Å². The molecule has 0 amide bonds. The van der Waals surface area contributed by atoms with Gasteiger partial charge in [-0.2, -0.15) is 0 Å². The SMILES string of the molecule is CCCC1=Cc2c(-c3ccc(C(F)(F)F)cc3)cccc2[CH]1[Ti+2]1([CH]2C(CCC)=Cc3c(-c4ccc(C(F)(F)F)cc4)cccc32)[CH2]C[CH2]1.[Cl-].[Cl-]. The van der Waals surface area contributed by atoms with Crippen LogP contribution in [0.3, 0.4) is 0 Å². The number of allylic oxidation sites excluding steroid dienone is 2. The third kappa shape index (κ3) is 6.67. The van der Waals surface area contributed by atoms with Crippen molar-refractivity contribution in [3.05, 3.63) is 129 Å². The van der Waals surface area contributed by atoms with Crippen molar-refractivity contribution in [1.29, 1.82) is 0 Å². The van der Waals surface area contributed by atoms with Crippen LogP contribution in [0.2, 0.25) is 9.45 Å². The molecule has 4 aromatic rings. The van der Waals surface area contributed by atoms with Gasteiger partial charge in [0.15, 0.2) is 0 Å². The minimum Gasteiger partial charge on any atom is -1.00 e. The molecule has 3 aliphatic rings. The second-order valence-corrected chi connectivity index (χ2v) is 20.9. The van der Waals surface area contributed by atoms with E-state index in [-0.39, 0.29) is 24.8 Å². The molecule has 0 bridgehead atoms. The summed E-state index contributed by atoms with van der Waals surface area (Å²) in [5.74, 6) is 0. The van der Waals surface area contributed by atoms with Gasteiger partial charge in [-0.05, 0) is 0 Å². The Morgan fingerprint density at radius 1 is 0.560 bits per heavy atom. The second-order valence-electron chi connectivity index (χ2n) is 13.7. The molecule has 1 saturated heterocycles. The molecule has 2 unspecified atom stereocenters. The van der Waals surface area contributed by atoms with Crippen LogP contribution in [0.25, 0.3) is 34.4 Å². The molecule has 0 N–H and O–H groups in total. The maximum absolute atomic E-state index is 13.4. The van der Waals surface area contributed by atoms with Crippen LogP contribution in [-0.2, 0) is 28.9 Å². The fourth-order valence-electron chi connectivity index (χ4n) is 8.81. The molecule has 0 nitrogen and oxygen atoms in total. The van der Waals surface area contributed by atoms with Crippen LogP contribution in [-0.4, -0.2) is 0 Å². The van der Waals surface area contributed by atoms with Crippen LogP contribution in [0.1, 0.15) is 87.8 Å².